The zero-order valence-corrected chi connectivity index (χ0v) is 11.3. The van der Waals surface area contributed by atoms with Crippen LogP contribution in [0.4, 0.5) is 10.5 Å². The van der Waals surface area contributed by atoms with E-state index in [1.807, 2.05) is 31.4 Å². The van der Waals surface area contributed by atoms with Crippen molar-refractivity contribution in [1.82, 2.24) is 5.32 Å². The van der Waals surface area contributed by atoms with Crippen molar-refractivity contribution in [3.05, 3.63) is 29.8 Å². The van der Waals surface area contributed by atoms with Gasteiger partial charge in [-0.1, -0.05) is 18.2 Å². The molecule has 1 aromatic rings. The van der Waals surface area contributed by atoms with Gasteiger partial charge in [0.25, 0.3) is 5.91 Å². The van der Waals surface area contributed by atoms with Crippen LogP contribution in [0.15, 0.2) is 24.3 Å². The minimum absolute atomic E-state index is 0.150. The van der Waals surface area contributed by atoms with Gasteiger partial charge in [-0.25, -0.2) is 9.69 Å². The van der Waals surface area contributed by atoms with Gasteiger partial charge in [-0.2, -0.15) is 11.8 Å². The smallest absolute Gasteiger partial charge is 0.325 e. The molecule has 4 nitrogen and oxygen atoms in total. The summed E-state index contributed by atoms with van der Waals surface area (Å²) in [6.07, 6.45) is 2.66. The molecule has 0 radical (unpaired) electrons. The maximum absolute atomic E-state index is 12.2. The fourth-order valence-corrected chi connectivity index (χ4v) is 2.48. The monoisotopic (exact) mass is 264 g/mol. The Morgan fingerprint density at radius 2 is 2.06 bits per heavy atom. The van der Waals surface area contributed by atoms with E-state index in [0.717, 1.165) is 11.3 Å². The Hall–Kier alpha value is -1.49. The number of para-hydroxylation sites is 1. The highest BCUT2D eigenvalue weighted by molar-refractivity contribution is 7.98. The highest BCUT2D eigenvalue weighted by atomic mass is 32.2. The van der Waals surface area contributed by atoms with Crippen molar-refractivity contribution in [3.8, 4) is 0 Å². The summed E-state index contributed by atoms with van der Waals surface area (Å²) in [6, 6.07) is 6.71. The Kier molecular flexibility index (Phi) is 3.91. The first kappa shape index (κ1) is 13.0. The van der Waals surface area contributed by atoms with Gasteiger partial charge in [0.1, 0.15) is 6.04 Å². The maximum atomic E-state index is 12.2. The quantitative estimate of drug-likeness (QED) is 0.848. The standard InChI is InChI=1S/C13H16N2O2S/c1-9-5-3-4-6-11(9)15-12(16)10(7-8-18-2)14-13(15)17/h3-6,10H,7-8H2,1-2H3,(H,14,17). The lowest BCUT2D eigenvalue weighted by Crippen LogP contribution is -2.32. The Bertz CT molecular complexity index is 476. The number of urea groups is 1. The van der Waals surface area contributed by atoms with Crippen LogP contribution in [0.1, 0.15) is 12.0 Å². The topological polar surface area (TPSA) is 49.4 Å². The van der Waals surface area contributed by atoms with Gasteiger partial charge in [-0.05, 0) is 37.0 Å². The van der Waals surface area contributed by atoms with Crippen LogP contribution in [0.25, 0.3) is 0 Å². The first-order chi connectivity index (χ1) is 8.65. The van der Waals surface area contributed by atoms with Crippen molar-refractivity contribution in [2.45, 2.75) is 19.4 Å². The molecule has 96 valence electrons. The molecular weight excluding hydrogens is 248 g/mol. The van der Waals surface area contributed by atoms with E-state index in [1.165, 1.54) is 4.90 Å². The van der Waals surface area contributed by atoms with E-state index in [9.17, 15) is 9.59 Å². The molecule has 0 saturated carbocycles. The van der Waals surface area contributed by atoms with Gasteiger partial charge >= 0.3 is 6.03 Å². The number of thioether (sulfide) groups is 1. The molecule has 1 aliphatic heterocycles. The normalized spacial score (nSPS) is 19.2. The van der Waals surface area contributed by atoms with Crippen LogP contribution in [0.2, 0.25) is 0 Å². The number of benzene rings is 1. The molecule has 1 heterocycles. The van der Waals surface area contributed by atoms with Crippen LogP contribution < -0.4 is 10.2 Å². The van der Waals surface area contributed by atoms with E-state index >= 15 is 0 Å². The van der Waals surface area contributed by atoms with Gasteiger partial charge in [0, 0.05) is 0 Å². The number of nitrogens with one attached hydrogen (secondary N) is 1. The molecule has 1 aliphatic rings. The summed E-state index contributed by atoms with van der Waals surface area (Å²) in [7, 11) is 0. The number of hydrogen-bond acceptors (Lipinski definition) is 3. The Balaban J connectivity index is 2.22. The van der Waals surface area contributed by atoms with Crippen LogP contribution in [-0.4, -0.2) is 30.0 Å². The number of hydrogen-bond donors (Lipinski definition) is 1. The fraction of sp³-hybridized carbons (Fsp3) is 0.385. The van der Waals surface area contributed by atoms with E-state index in [0.29, 0.717) is 12.1 Å². The van der Waals surface area contributed by atoms with Crippen molar-refractivity contribution in [2.75, 3.05) is 16.9 Å². The van der Waals surface area contributed by atoms with Crippen molar-refractivity contribution in [1.29, 1.82) is 0 Å². The number of carbonyl (C=O) groups excluding carboxylic acids is 2. The molecule has 0 aromatic heterocycles. The second-order valence-electron chi connectivity index (χ2n) is 4.24. The lowest BCUT2D eigenvalue weighted by molar-refractivity contribution is -0.118. The third-order valence-corrected chi connectivity index (χ3v) is 3.63. The van der Waals surface area contributed by atoms with Crippen LogP contribution in [-0.2, 0) is 4.79 Å². The Morgan fingerprint density at radius 1 is 1.33 bits per heavy atom. The largest absolute Gasteiger partial charge is 0.329 e. The van der Waals surface area contributed by atoms with Crippen molar-refractivity contribution in [2.24, 2.45) is 0 Å². The summed E-state index contributed by atoms with van der Waals surface area (Å²) >= 11 is 1.67. The number of amides is 3. The van der Waals surface area contributed by atoms with Gasteiger partial charge < -0.3 is 5.32 Å². The van der Waals surface area contributed by atoms with E-state index in [2.05, 4.69) is 5.32 Å². The molecule has 3 amide bonds. The van der Waals surface area contributed by atoms with E-state index in [4.69, 9.17) is 0 Å². The SMILES string of the molecule is CSCCC1NC(=O)N(c2ccccc2C)C1=O. The van der Waals surface area contributed by atoms with Crippen LogP contribution in [0, 0.1) is 6.92 Å². The molecule has 5 heteroatoms. The first-order valence-corrected chi connectivity index (χ1v) is 7.23. The van der Waals surface area contributed by atoms with Crippen molar-refractivity contribution >= 4 is 29.4 Å². The third-order valence-electron chi connectivity index (χ3n) is 2.99. The average molecular weight is 264 g/mol. The molecule has 1 aromatic carbocycles. The number of anilines is 1. The van der Waals surface area contributed by atoms with Crippen molar-refractivity contribution < 1.29 is 9.59 Å². The second kappa shape index (κ2) is 5.44. The predicted molar refractivity (Wildman–Crippen MR) is 74.0 cm³/mol. The third kappa shape index (κ3) is 2.36. The van der Waals surface area contributed by atoms with Crippen LogP contribution >= 0.6 is 11.8 Å². The van der Waals surface area contributed by atoms with Crippen molar-refractivity contribution in [3.63, 3.8) is 0 Å². The van der Waals surface area contributed by atoms with Gasteiger partial charge in [0.05, 0.1) is 5.69 Å². The minimum atomic E-state index is -0.385. The summed E-state index contributed by atoms with van der Waals surface area (Å²) in [5.74, 6) is 0.710. The molecule has 0 aliphatic carbocycles. The summed E-state index contributed by atoms with van der Waals surface area (Å²) in [4.78, 5) is 25.4. The summed E-state index contributed by atoms with van der Waals surface area (Å²) in [6.45, 7) is 1.89. The second-order valence-corrected chi connectivity index (χ2v) is 5.23. The van der Waals surface area contributed by atoms with Gasteiger partial charge in [0.2, 0.25) is 0 Å². The number of aryl methyl sites for hydroxylation is 1. The van der Waals surface area contributed by atoms with Gasteiger partial charge in [0.15, 0.2) is 0 Å². The molecule has 2 rings (SSSR count). The molecule has 1 atom stereocenters. The molecular formula is C13H16N2O2S. The predicted octanol–water partition coefficient (Wildman–Crippen LogP) is 2.17. The highest BCUT2D eigenvalue weighted by Crippen LogP contribution is 2.24. The number of carbonyl (C=O) groups is 2. The Morgan fingerprint density at radius 3 is 2.72 bits per heavy atom. The van der Waals surface area contributed by atoms with Crippen LogP contribution in [0.3, 0.4) is 0 Å². The van der Waals surface area contributed by atoms with Crippen LogP contribution in [0.5, 0.6) is 0 Å². The van der Waals surface area contributed by atoms with Gasteiger partial charge in [-0.3, -0.25) is 4.79 Å². The highest BCUT2D eigenvalue weighted by Gasteiger charge is 2.38. The van der Waals surface area contributed by atoms with Gasteiger partial charge in [-0.15, -0.1) is 0 Å². The lowest BCUT2D eigenvalue weighted by Gasteiger charge is -2.15. The average Bonchev–Trinajstić information content (AvgIpc) is 2.63. The molecule has 1 N–H and O–H groups in total. The molecule has 0 bridgehead atoms. The molecule has 0 spiro atoms. The zero-order valence-electron chi connectivity index (χ0n) is 10.5. The number of imide groups is 1. The minimum Gasteiger partial charge on any atom is -0.325 e. The zero-order chi connectivity index (χ0) is 13.1. The number of rotatable bonds is 4. The van der Waals surface area contributed by atoms with E-state index in [-0.39, 0.29) is 18.0 Å². The lowest BCUT2D eigenvalue weighted by atomic mass is 10.1. The summed E-state index contributed by atoms with van der Waals surface area (Å²) in [5, 5.41) is 2.74. The molecule has 1 saturated heterocycles. The Labute approximate surface area is 111 Å². The maximum Gasteiger partial charge on any atom is 0.329 e. The van der Waals surface area contributed by atoms with E-state index in [1.54, 1.807) is 17.8 Å². The number of nitrogens with zero attached hydrogens (tertiary/aromatic N) is 1. The molecule has 1 unspecified atom stereocenters. The first-order valence-electron chi connectivity index (χ1n) is 5.84. The molecule has 18 heavy (non-hydrogen) atoms. The fourth-order valence-electron chi connectivity index (χ4n) is 2.01. The van der Waals surface area contributed by atoms with E-state index < -0.39 is 0 Å². The molecule has 1 fully saturated rings. The summed E-state index contributed by atoms with van der Waals surface area (Å²) in [5.41, 5.74) is 1.60. The summed E-state index contributed by atoms with van der Waals surface area (Å²) < 4.78 is 0.